The van der Waals surface area contributed by atoms with Gasteiger partial charge in [-0.15, -0.1) is 0 Å². The number of fused-ring (bicyclic) bond motifs is 12. The van der Waals surface area contributed by atoms with E-state index in [0.29, 0.717) is 0 Å². The quantitative estimate of drug-likeness (QED) is 0.167. The molecule has 7 aromatic carbocycles. The van der Waals surface area contributed by atoms with Gasteiger partial charge in [0.05, 0.1) is 45.5 Å². The first-order valence-corrected chi connectivity index (χ1v) is 24.3. The fourth-order valence-corrected chi connectivity index (χ4v) is 11.8. The van der Waals surface area contributed by atoms with Gasteiger partial charge in [-0.1, -0.05) is 115 Å². The molecule has 70 heavy (non-hydrogen) atoms. The molecule has 0 aliphatic heterocycles. The van der Waals surface area contributed by atoms with Crippen molar-refractivity contribution in [1.82, 2.24) is 23.7 Å². The second-order valence-electron chi connectivity index (χ2n) is 18.9. The highest BCUT2D eigenvalue weighted by molar-refractivity contribution is 6.12. The van der Waals surface area contributed by atoms with Crippen LogP contribution in [0.4, 0.5) is 0 Å². The molecule has 13 aromatic rings. The highest BCUT2D eigenvalue weighted by atomic mass is 16.3. The van der Waals surface area contributed by atoms with Gasteiger partial charge in [-0.2, -0.15) is 0 Å². The van der Waals surface area contributed by atoms with E-state index in [2.05, 4.69) is 218 Å². The minimum absolute atomic E-state index is 0.129. The van der Waals surface area contributed by atoms with Crippen molar-refractivity contribution in [3.63, 3.8) is 0 Å². The van der Waals surface area contributed by atoms with E-state index in [1.807, 2.05) is 24.8 Å². The molecule has 0 saturated carbocycles. The Morgan fingerprint density at radius 1 is 0.457 bits per heavy atom. The largest absolute Gasteiger partial charge is 0.460 e. The molecule has 6 heterocycles. The number of rotatable bonds is 6. The molecule has 0 spiro atoms. The summed E-state index contributed by atoms with van der Waals surface area (Å²) in [4.78, 5) is 9.27. The van der Waals surface area contributed by atoms with Gasteiger partial charge in [-0.3, -0.25) is 9.97 Å². The number of furan rings is 1. The topological polar surface area (TPSA) is 53.7 Å². The lowest BCUT2D eigenvalue weighted by Crippen LogP contribution is -2.05. The first-order valence-electron chi connectivity index (χ1n) is 24.3. The maximum Gasteiger partial charge on any atom is 0.134 e. The number of hydrogen-bond acceptors (Lipinski definition) is 3. The molecule has 0 bridgehead atoms. The van der Waals surface area contributed by atoms with E-state index in [0.717, 1.165) is 69.4 Å². The summed E-state index contributed by atoms with van der Waals surface area (Å²) >= 11 is 0. The zero-order chi connectivity index (χ0) is 45.9. The molecule has 15 rings (SSSR count). The van der Waals surface area contributed by atoms with Crippen molar-refractivity contribution in [3.8, 4) is 22.5 Å². The maximum absolute atomic E-state index is 6.56. The summed E-state index contributed by atoms with van der Waals surface area (Å²) in [5, 5.41) is 8.52. The standard InChI is InChI=1S/C64H43N5O/c1-5-19-57-49(15-1)50-16-2-6-20-58(50)67(57)46-24-26-64-56(37-46)55-35-44(23-25-63(55)70-64)42-13-9-11-40(31-42)41-12-10-14-43(32-41)45-33-47(68-59-21-7-3-17-51(59)53-27-29-65-38-61(53)68)36-48(34-45)69-60-22-8-4-18-52(60)54-28-30-66-39-62(54)69/h1-13,15-23,25,27-39,43H,14,24,26H2. The molecule has 330 valence electrons. The zero-order valence-corrected chi connectivity index (χ0v) is 38.1. The monoisotopic (exact) mass is 897 g/mol. The van der Waals surface area contributed by atoms with Crippen molar-refractivity contribution < 1.29 is 4.42 Å². The van der Waals surface area contributed by atoms with Crippen LogP contribution in [0.2, 0.25) is 0 Å². The van der Waals surface area contributed by atoms with Crippen LogP contribution in [0.3, 0.4) is 0 Å². The Kier molecular flexibility index (Phi) is 8.51. The molecule has 1 atom stereocenters. The second kappa shape index (κ2) is 15.3. The van der Waals surface area contributed by atoms with Crippen LogP contribution in [0.5, 0.6) is 0 Å². The molecule has 0 fully saturated rings. The first kappa shape index (κ1) is 39.0. The molecule has 0 N–H and O–H groups in total. The minimum atomic E-state index is 0.129. The van der Waals surface area contributed by atoms with Gasteiger partial charge in [0, 0.05) is 85.1 Å². The van der Waals surface area contributed by atoms with Crippen molar-refractivity contribution in [2.45, 2.75) is 25.2 Å². The second-order valence-corrected chi connectivity index (χ2v) is 18.9. The summed E-state index contributed by atoms with van der Waals surface area (Å²) in [5.41, 5.74) is 18.6. The van der Waals surface area contributed by atoms with Crippen LogP contribution in [0.25, 0.3) is 116 Å². The van der Waals surface area contributed by atoms with Crippen LogP contribution >= 0.6 is 0 Å². The number of aryl methyl sites for hydroxylation is 1. The van der Waals surface area contributed by atoms with Crippen molar-refractivity contribution in [3.05, 3.63) is 235 Å². The molecule has 6 aromatic heterocycles. The molecular weight excluding hydrogens is 855 g/mol. The number of hydrogen-bond donors (Lipinski definition) is 0. The normalized spacial score (nSPS) is 14.9. The third kappa shape index (κ3) is 5.93. The summed E-state index contributed by atoms with van der Waals surface area (Å²) in [6, 6.07) is 62.0. The van der Waals surface area contributed by atoms with Gasteiger partial charge in [-0.05, 0) is 120 Å². The lowest BCUT2D eigenvalue weighted by molar-refractivity contribution is 0.546. The van der Waals surface area contributed by atoms with Gasteiger partial charge in [0.2, 0.25) is 0 Å². The van der Waals surface area contributed by atoms with Gasteiger partial charge in [0.1, 0.15) is 11.3 Å². The predicted octanol–water partition coefficient (Wildman–Crippen LogP) is 16.3. The lowest BCUT2D eigenvalue weighted by atomic mass is 9.86. The number of benzene rings is 7. The number of pyridine rings is 2. The van der Waals surface area contributed by atoms with Gasteiger partial charge >= 0.3 is 0 Å². The number of para-hydroxylation sites is 4. The van der Waals surface area contributed by atoms with Crippen LogP contribution in [-0.2, 0) is 6.42 Å². The first-order chi connectivity index (χ1) is 34.7. The third-order valence-corrected chi connectivity index (χ3v) is 15.0. The highest BCUT2D eigenvalue weighted by Gasteiger charge is 2.24. The summed E-state index contributed by atoms with van der Waals surface area (Å²) in [7, 11) is 0. The molecule has 0 radical (unpaired) electrons. The van der Waals surface area contributed by atoms with E-state index in [1.54, 1.807) is 0 Å². The third-order valence-electron chi connectivity index (χ3n) is 15.0. The van der Waals surface area contributed by atoms with Gasteiger partial charge in [-0.25, -0.2) is 0 Å². The fourth-order valence-electron chi connectivity index (χ4n) is 11.8. The van der Waals surface area contributed by atoms with Crippen molar-refractivity contribution in [2.75, 3.05) is 0 Å². The van der Waals surface area contributed by atoms with Gasteiger partial charge < -0.3 is 18.1 Å². The van der Waals surface area contributed by atoms with E-state index in [1.165, 1.54) is 82.4 Å². The average Bonchev–Trinajstić information content (AvgIpc) is 4.17. The molecule has 2 aliphatic carbocycles. The Morgan fingerprint density at radius 3 is 1.64 bits per heavy atom. The smallest absolute Gasteiger partial charge is 0.134 e. The summed E-state index contributed by atoms with van der Waals surface area (Å²) in [5.74, 6) is 1.19. The molecule has 2 aliphatic rings. The van der Waals surface area contributed by atoms with E-state index in [-0.39, 0.29) is 5.92 Å². The molecule has 1 unspecified atom stereocenters. The van der Waals surface area contributed by atoms with Crippen LogP contribution in [0.15, 0.2) is 217 Å². The van der Waals surface area contributed by atoms with E-state index in [4.69, 9.17) is 4.42 Å². The Morgan fingerprint density at radius 2 is 1.01 bits per heavy atom. The van der Waals surface area contributed by atoms with Crippen molar-refractivity contribution >= 4 is 93.7 Å². The Hall–Kier alpha value is -9.00. The number of nitrogens with zero attached hydrogens (tertiary/aromatic N) is 5. The number of allylic oxidation sites excluding steroid dienone is 5. The lowest BCUT2D eigenvalue weighted by Gasteiger charge is -2.21. The Bertz CT molecular complexity index is 4120. The van der Waals surface area contributed by atoms with Crippen molar-refractivity contribution in [1.29, 1.82) is 0 Å². The van der Waals surface area contributed by atoms with E-state index >= 15 is 0 Å². The molecule has 0 amide bonds. The summed E-state index contributed by atoms with van der Waals surface area (Å²) < 4.78 is 13.8. The zero-order valence-electron chi connectivity index (χ0n) is 38.1. The van der Waals surface area contributed by atoms with Crippen LogP contribution in [-0.4, -0.2) is 23.7 Å². The van der Waals surface area contributed by atoms with E-state index < -0.39 is 0 Å². The Labute approximate surface area is 403 Å². The van der Waals surface area contributed by atoms with E-state index in [9.17, 15) is 0 Å². The van der Waals surface area contributed by atoms with Gasteiger partial charge in [0.15, 0.2) is 0 Å². The minimum Gasteiger partial charge on any atom is -0.460 e. The predicted molar refractivity (Wildman–Crippen MR) is 289 cm³/mol. The summed E-state index contributed by atoms with van der Waals surface area (Å²) in [6.45, 7) is 0. The van der Waals surface area contributed by atoms with Crippen LogP contribution in [0, 0.1) is 0 Å². The molecular formula is C64H43N5O. The van der Waals surface area contributed by atoms with Crippen molar-refractivity contribution in [2.24, 2.45) is 0 Å². The van der Waals surface area contributed by atoms with Gasteiger partial charge in [0.25, 0.3) is 0 Å². The molecule has 0 saturated heterocycles. The van der Waals surface area contributed by atoms with Crippen LogP contribution in [0.1, 0.15) is 41.2 Å². The van der Waals surface area contributed by atoms with Crippen LogP contribution < -0.4 is 0 Å². The fraction of sp³-hybridized carbons (Fsp3) is 0.0625. The average molecular weight is 898 g/mol. The molecule has 6 heteroatoms. The summed E-state index contributed by atoms with van der Waals surface area (Å²) in [6.07, 6.45) is 19.9. The maximum atomic E-state index is 6.56. The SMILES string of the molecule is C1=CC(c2cccc(-c3ccc4oc5c(c4c3)C=C(n3c4ccccc4c4ccccc43)CC5)c2)=CC(c2cc(-n3c4ccccc4c4ccncc43)cc(-n3c4ccccc4c4ccncc43)c2)C1. The molecule has 6 nitrogen and oxygen atoms in total. The Balaban J connectivity index is 0.839. The highest BCUT2D eigenvalue weighted by Crippen LogP contribution is 2.43. The number of aromatic nitrogens is 5.